The molecule has 0 unspecified atom stereocenters. The topological polar surface area (TPSA) is 119 Å². The van der Waals surface area contributed by atoms with Crippen LogP contribution in [0, 0.1) is 0 Å². The lowest BCUT2D eigenvalue weighted by atomic mass is 10.1. The Bertz CT molecular complexity index is 1530. The SMILES string of the molecule is O=c1c(C2=NS(O)(O)c3ccccc3N2)c(O)c2ccccc2n1N=Cc1cccc(Br)c1. The lowest BCUT2D eigenvalue weighted by Crippen LogP contribution is -2.31. The van der Waals surface area contributed by atoms with Crippen LogP contribution in [0.5, 0.6) is 5.75 Å². The summed E-state index contributed by atoms with van der Waals surface area (Å²) in [7, 11) is -3.58. The highest BCUT2D eigenvalue weighted by Crippen LogP contribution is 2.55. The van der Waals surface area contributed by atoms with Crippen molar-refractivity contribution in [2.45, 2.75) is 4.90 Å². The van der Waals surface area contributed by atoms with Crippen LogP contribution in [0.15, 0.2) is 96.5 Å². The molecule has 0 bridgehead atoms. The third kappa shape index (κ3) is 3.83. The van der Waals surface area contributed by atoms with Crippen LogP contribution < -0.4 is 10.9 Å². The van der Waals surface area contributed by atoms with E-state index in [9.17, 15) is 19.0 Å². The van der Waals surface area contributed by atoms with Crippen LogP contribution in [-0.2, 0) is 0 Å². The van der Waals surface area contributed by atoms with Gasteiger partial charge in [-0.05, 0) is 42.0 Å². The van der Waals surface area contributed by atoms with E-state index in [0.29, 0.717) is 16.6 Å². The van der Waals surface area contributed by atoms with Crippen molar-refractivity contribution in [3.05, 3.63) is 98.7 Å². The van der Waals surface area contributed by atoms with E-state index in [1.54, 1.807) is 48.5 Å². The van der Waals surface area contributed by atoms with Crippen LogP contribution in [0.25, 0.3) is 10.9 Å². The van der Waals surface area contributed by atoms with E-state index in [4.69, 9.17) is 0 Å². The third-order valence-electron chi connectivity index (χ3n) is 5.09. The summed E-state index contributed by atoms with van der Waals surface area (Å²) in [5.74, 6) is -0.473. The van der Waals surface area contributed by atoms with Crippen molar-refractivity contribution < 1.29 is 14.2 Å². The summed E-state index contributed by atoms with van der Waals surface area (Å²) in [6.45, 7) is 0. The molecule has 0 fully saturated rings. The van der Waals surface area contributed by atoms with Gasteiger partial charge < -0.3 is 10.4 Å². The maximum atomic E-state index is 13.5. The average Bonchev–Trinajstić information content (AvgIpc) is 2.79. The highest BCUT2D eigenvalue weighted by Gasteiger charge is 2.30. The standard InChI is InChI=1S/C23H17BrN4O4S/c24-15-7-5-6-14(12-15)13-25-28-18-10-3-1-8-16(18)21(29)20(23(28)30)22-26-17-9-2-4-11-19(17)33(31,32)27-22/h1-13,29,31-32H,(H,26,27). The quantitative estimate of drug-likeness (QED) is 0.273. The minimum absolute atomic E-state index is 0.145. The van der Waals surface area contributed by atoms with E-state index in [-0.39, 0.29) is 22.0 Å². The molecule has 5 rings (SSSR count). The van der Waals surface area contributed by atoms with Gasteiger partial charge in [0.25, 0.3) is 5.56 Å². The molecule has 3 aromatic carbocycles. The number of nitrogens with zero attached hydrogens (tertiary/aromatic N) is 3. The molecule has 4 N–H and O–H groups in total. The molecular weight excluding hydrogens is 508 g/mol. The van der Waals surface area contributed by atoms with Crippen molar-refractivity contribution in [2.24, 2.45) is 9.50 Å². The second-order valence-corrected chi connectivity index (χ2v) is 9.81. The minimum atomic E-state index is -3.58. The van der Waals surface area contributed by atoms with Crippen molar-refractivity contribution in [2.75, 3.05) is 5.32 Å². The molecule has 166 valence electrons. The molecule has 0 aliphatic carbocycles. The molecule has 0 spiro atoms. The number of fused-ring (bicyclic) bond motifs is 2. The number of hydrogen-bond donors (Lipinski definition) is 4. The van der Waals surface area contributed by atoms with Crippen LogP contribution in [-0.4, -0.2) is 30.9 Å². The summed E-state index contributed by atoms with van der Waals surface area (Å²) in [5, 5.41) is 18.7. The molecule has 0 saturated carbocycles. The number of amidine groups is 1. The minimum Gasteiger partial charge on any atom is -0.506 e. The zero-order valence-corrected chi connectivity index (χ0v) is 19.3. The number of aromatic hydroxyl groups is 1. The van der Waals surface area contributed by atoms with E-state index in [1.165, 1.54) is 6.21 Å². The van der Waals surface area contributed by atoms with Crippen molar-refractivity contribution >= 4 is 55.3 Å². The lowest BCUT2D eigenvalue weighted by molar-refractivity contribution is 0.478. The van der Waals surface area contributed by atoms with Gasteiger partial charge in [-0.2, -0.15) is 9.78 Å². The largest absolute Gasteiger partial charge is 0.506 e. The fourth-order valence-electron chi connectivity index (χ4n) is 3.59. The van der Waals surface area contributed by atoms with E-state index >= 15 is 0 Å². The highest BCUT2D eigenvalue weighted by molar-refractivity contribution is 9.10. The summed E-state index contributed by atoms with van der Waals surface area (Å²) in [4.78, 5) is 13.7. The number of rotatable bonds is 3. The Hall–Kier alpha value is -3.44. The molecule has 0 atom stereocenters. The van der Waals surface area contributed by atoms with E-state index in [1.807, 2.05) is 24.3 Å². The fraction of sp³-hybridized carbons (Fsp3) is 0. The number of aromatic nitrogens is 1. The summed E-state index contributed by atoms with van der Waals surface area (Å²) in [6.07, 6.45) is 1.53. The summed E-state index contributed by atoms with van der Waals surface area (Å²) in [5.41, 5.74) is 0.649. The number of para-hydroxylation sites is 2. The molecule has 1 aromatic heterocycles. The zero-order valence-electron chi connectivity index (χ0n) is 16.9. The second kappa shape index (κ2) is 8.16. The van der Waals surface area contributed by atoms with Gasteiger partial charge in [-0.1, -0.05) is 63.1 Å². The Labute approximate surface area is 198 Å². The van der Waals surface area contributed by atoms with Gasteiger partial charge in [-0.3, -0.25) is 13.9 Å². The summed E-state index contributed by atoms with van der Waals surface area (Å²) >= 11 is 3.41. The lowest BCUT2D eigenvalue weighted by Gasteiger charge is -2.34. The molecule has 1 aliphatic rings. The van der Waals surface area contributed by atoms with Crippen molar-refractivity contribution in [1.29, 1.82) is 0 Å². The predicted octanol–water partition coefficient (Wildman–Crippen LogP) is 5.25. The van der Waals surface area contributed by atoms with Gasteiger partial charge in [0.1, 0.15) is 16.2 Å². The van der Waals surface area contributed by atoms with Gasteiger partial charge in [0.05, 0.1) is 17.4 Å². The molecule has 4 aromatic rings. The van der Waals surface area contributed by atoms with Gasteiger partial charge >= 0.3 is 0 Å². The van der Waals surface area contributed by atoms with Crippen molar-refractivity contribution in [1.82, 2.24) is 4.68 Å². The van der Waals surface area contributed by atoms with Crippen LogP contribution in [0.2, 0.25) is 0 Å². The van der Waals surface area contributed by atoms with E-state index in [2.05, 4.69) is 30.7 Å². The van der Waals surface area contributed by atoms with Crippen LogP contribution in [0.3, 0.4) is 0 Å². The summed E-state index contributed by atoms with van der Waals surface area (Å²) in [6, 6.07) is 20.7. The Balaban J connectivity index is 1.73. The zero-order chi connectivity index (χ0) is 23.2. The van der Waals surface area contributed by atoms with Gasteiger partial charge in [0.15, 0.2) is 5.84 Å². The fourth-order valence-corrected chi connectivity index (χ4v) is 5.17. The van der Waals surface area contributed by atoms with Crippen LogP contribution >= 0.6 is 26.7 Å². The average molecular weight is 525 g/mol. The first kappa shape index (κ1) is 21.4. The highest BCUT2D eigenvalue weighted by atomic mass is 79.9. The first-order valence-corrected chi connectivity index (χ1v) is 12.1. The Morgan fingerprint density at radius 3 is 2.61 bits per heavy atom. The smallest absolute Gasteiger partial charge is 0.286 e. The van der Waals surface area contributed by atoms with Crippen molar-refractivity contribution in [3.63, 3.8) is 0 Å². The Morgan fingerprint density at radius 1 is 1.03 bits per heavy atom. The Morgan fingerprint density at radius 2 is 1.79 bits per heavy atom. The predicted molar refractivity (Wildman–Crippen MR) is 135 cm³/mol. The first-order valence-electron chi connectivity index (χ1n) is 9.76. The van der Waals surface area contributed by atoms with Gasteiger partial charge in [-0.15, -0.1) is 4.40 Å². The maximum absolute atomic E-state index is 13.5. The number of halogens is 1. The maximum Gasteiger partial charge on any atom is 0.286 e. The van der Waals surface area contributed by atoms with Crippen LogP contribution in [0.4, 0.5) is 5.69 Å². The Kier molecular flexibility index (Phi) is 5.29. The second-order valence-electron chi connectivity index (χ2n) is 7.24. The van der Waals surface area contributed by atoms with E-state index < -0.39 is 16.3 Å². The van der Waals surface area contributed by atoms with Gasteiger partial charge in [-0.25, -0.2) is 0 Å². The van der Waals surface area contributed by atoms with Gasteiger partial charge in [0, 0.05) is 9.86 Å². The van der Waals surface area contributed by atoms with Crippen molar-refractivity contribution in [3.8, 4) is 5.75 Å². The molecule has 0 saturated heterocycles. The summed E-state index contributed by atoms with van der Waals surface area (Å²) < 4.78 is 27.2. The number of hydrogen-bond acceptors (Lipinski definition) is 7. The number of benzene rings is 3. The molecule has 2 heterocycles. The number of anilines is 1. The van der Waals surface area contributed by atoms with Gasteiger partial charge in [0.2, 0.25) is 0 Å². The number of nitrogens with one attached hydrogen (secondary N) is 1. The first-order chi connectivity index (χ1) is 15.8. The van der Waals surface area contributed by atoms with E-state index in [0.717, 1.165) is 14.7 Å². The third-order valence-corrected chi connectivity index (χ3v) is 6.97. The van der Waals surface area contributed by atoms with Crippen LogP contribution in [0.1, 0.15) is 11.1 Å². The molecule has 0 amide bonds. The normalized spacial score (nSPS) is 15.7. The number of pyridine rings is 1. The molecule has 8 nitrogen and oxygen atoms in total. The molecule has 0 radical (unpaired) electrons. The molecular formula is C23H17BrN4O4S. The monoisotopic (exact) mass is 524 g/mol. The molecule has 10 heteroatoms. The molecule has 33 heavy (non-hydrogen) atoms. The molecule has 1 aliphatic heterocycles.